The normalized spacial score (nSPS) is 13.0. The molecule has 0 fully saturated rings. The van der Waals surface area contributed by atoms with Crippen LogP contribution in [-0.4, -0.2) is 33.9 Å². The molecule has 0 saturated carbocycles. The molecule has 2 amide bonds. The molecule has 9 nitrogen and oxygen atoms in total. The molecule has 1 aliphatic heterocycles. The fourth-order valence-corrected chi connectivity index (χ4v) is 3.99. The van der Waals surface area contributed by atoms with Gasteiger partial charge in [-0.15, -0.1) is 0 Å². The highest BCUT2D eigenvalue weighted by molar-refractivity contribution is 6.08. The molecule has 0 radical (unpaired) electrons. The Balaban J connectivity index is 1.42. The van der Waals surface area contributed by atoms with E-state index in [4.69, 9.17) is 4.74 Å². The molecule has 9 heteroatoms. The van der Waals surface area contributed by atoms with Gasteiger partial charge in [0, 0.05) is 24.3 Å². The summed E-state index contributed by atoms with van der Waals surface area (Å²) in [6.45, 7) is 2.60. The molecule has 2 N–H and O–H groups in total. The van der Waals surface area contributed by atoms with Crippen molar-refractivity contribution in [1.82, 2.24) is 9.55 Å². The second-order valence-corrected chi connectivity index (χ2v) is 8.10. The Morgan fingerprint density at radius 3 is 2.53 bits per heavy atom. The third-order valence-electron chi connectivity index (χ3n) is 5.58. The maximum absolute atomic E-state index is 13.0. The molecule has 0 aliphatic carbocycles. The Morgan fingerprint density at radius 2 is 1.76 bits per heavy atom. The van der Waals surface area contributed by atoms with Crippen molar-refractivity contribution >= 4 is 40.1 Å². The molecule has 1 aliphatic rings. The van der Waals surface area contributed by atoms with E-state index in [0.29, 0.717) is 34.4 Å². The molecule has 0 bridgehead atoms. The van der Waals surface area contributed by atoms with Crippen LogP contribution in [0, 0.1) is 0 Å². The van der Waals surface area contributed by atoms with Crippen molar-refractivity contribution in [3.63, 3.8) is 0 Å². The molecule has 0 unspecified atom stereocenters. The van der Waals surface area contributed by atoms with Gasteiger partial charge in [-0.1, -0.05) is 12.5 Å². The van der Waals surface area contributed by atoms with Gasteiger partial charge in [0.1, 0.15) is 12.2 Å². The minimum Gasteiger partial charge on any atom is -0.462 e. The largest absolute Gasteiger partial charge is 0.462 e. The van der Waals surface area contributed by atoms with E-state index in [0.717, 1.165) is 31.5 Å². The fraction of sp³-hybridized carbons (Fsp3) is 0.320. The number of hydrogen-bond acceptors (Lipinski definition) is 6. The molecule has 4 rings (SSSR count). The number of ether oxygens (including phenoxy) is 1. The first kappa shape index (κ1) is 23.2. The van der Waals surface area contributed by atoms with Crippen LogP contribution in [-0.2, 0) is 27.3 Å². The summed E-state index contributed by atoms with van der Waals surface area (Å²) in [4.78, 5) is 54.2. The van der Waals surface area contributed by atoms with Gasteiger partial charge in [0.15, 0.2) is 0 Å². The van der Waals surface area contributed by atoms with Crippen LogP contribution in [0.25, 0.3) is 10.9 Å². The third-order valence-corrected chi connectivity index (χ3v) is 5.58. The van der Waals surface area contributed by atoms with Gasteiger partial charge in [-0.3, -0.25) is 19.0 Å². The summed E-state index contributed by atoms with van der Waals surface area (Å²) in [5, 5.41) is 5.70. The van der Waals surface area contributed by atoms with Gasteiger partial charge >= 0.3 is 5.97 Å². The van der Waals surface area contributed by atoms with Crippen LogP contribution in [0.3, 0.4) is 0 Å². The Morgan fingerprint density at radius 1 is 1.00 bits per heavy atom. The zero-order chi connectivity index (χ0) is 24.1. The first-order chi connectivity index (χ1) is 16.4. The van der Waals surface area contributed by atoms with Gasteiger partial charge in [0.2, 0.25) is 11.8 Å². The highest BCUT2D eigenvalue weighted by Gasteiger charge is 2.16. The number of aryl methyl sites for hydroxylation is 1. The molecular weight excluding hydrogens is 436 g/mol. The number of amides is 2. The molecule has 2 aromatic carbocycles. The minimum absolute atomic E-state index is 0.114. The summed E-state index contributed by atoms with van der Waals surface area (Å²) >= 11 is 0. The number of hydrogen-bond donors (Lipinski definition) is 2. The topological polar surface area (TPSA) is 119 Å². The molecular formula is C25H26N4O5. The average Bonchev–Trinajstić information content (AvgIpc) is 3.05. The number of nitrogens with zero attached hydrogens (tertiary/aromatic N) is 2. The van der Waals surface area contributed by atoms with Crippen LogP contribution in [0.1, 0.15) is 48.8 Å². The van der Waals surface area contributed by atoms with Crippen molar-refractivity contribution in [3.8, 4) is 0 Å². The molecule has 2 heterocycles. The van der Waals surface area contributed by atoms with Crippen LogP contribution < -0.4 is 16.2 Å². The molecule has 0 atom stereocenters. The van der Waals surface area contributed by atoms with E-state index >= 15 is 0 Å². The summed E-state index contributed by atoms with van der Waals surface area (Å²) < 4.78 is 6.67. The van der Waals surface area contributed by atoms with Gasteiger partial charge in [0.25, 0.3) is 5.56 Å². The maximum Gasteiger partial charge on any atom is 0.338 e. The lowest BCUT2D eigenvalue weighted by Gasteiger charge is -2.11. The van der Waals surface area contributed by atoms with Gasteiger partial charge < -0.3 is 15.4 Å². The van der Waals surface area contributed by atoms with Crippen molar-refractivity contribution in [2.45, 2.75) is 45.6 Å². The van der Waals surface area contributed by atoms with Crippen LogP contribution in [0.5, 0.6) is 0 Å². The number of anilines is 2. The number of rotatable bonds is 6. The van der Waals surface area contributed by atoms with E-state index in [1.54, 1.807) is 47.9 Å². The number of carbonyl (C=O) groups excluding carboxylic acids is 3. The first-order valence-electron chi connectivity index (χ1n) is 11.3. The number of nitrogens with one attached hydrogen (secondary N) is 2. The molecule has 34 heavy (non-hydrogen) atoms. The summed E-state index contributed by atoms with van der Waals surface area (Å²) in [7, 11) is 0. The molecule has 176 valence electrons. The lowest BCUT2D eigenvalue weighted by atomic mass is 10.2. The Hall–Kier alpha value is -4.01. The first-order valence-corrected chi connectivity index (χ1v) is 11.3. The van der Waals surface area contributed by atoms with Crippen LogP contribution in [0.4, 0.5) is 11.4 Å². The van der Waals surface area contributed by atoms with Gasteiger partial charge in [-0.25, -0.2) is 9.78 Å². The Labute approximate surface area is 196 Å². The second kappa shape index (κ2) is 10.3. The van der Waals surface area contributed by atoms with Crippen LogP contribution >= 0.6 is 0 Å². The van der Waals surface area contributed by atoms with E-state index < -0.39 is 24.2 Å². The van der Waals surface area contributed by atoms with E-state index in [-0.39, 0.29) is 12.2 Å². The molecule has 0 saturated heterocycles. The fourth-order valence-electron chi connectivity index (χ4n) is 3.99. The van der Waals surface area contributed by atoms with E-state index in [1.807, 2.05) is 0 Å². The highest BCUT2D eigenvalue weighted by atomic mass is 16.5. The van der Waals surface area contributed by atoms with Crippen molar-refractivity contribution in [1.29, 1.82) is 0 Å². The predicted octanol–water partition coefficient (Wildman–Crippen LogP) is 3.27. The van der Waals surface area contributed by atoms with E-state index in [1.165, 1.54) is 6.07 Å². The van der Waals surface area contributed by atoms with Gasteiger partial charge in [0.05, 0.1) is 23.1 Å². The smallest absolute Gasteiger partial charge is 0.338 e. The van der Waals surface area contributed by atoms with Gasteiger partial charge in [-0.2, -0.15) is 0 Å². The van der Waals surface area contributed by atoms with E-state index in [2.05, 4.69) is 15.6 Å². The zero-order valence-corrected chi connectivity index (χ0v) is 18.9. The van der Waals surface area contributed by atoms with Crippen molar-refractivity contribution < 1.29 is 19.1 Å². The lowest BCUT2D eigenvalue weighted by Crippen LogP contribution is -2.25. The maximum atomic E-state index is 13.0. The number of benzene rings is 2. The SMILES string of the molecule is CCOC(=O)c1cccc(NC(=O)CC(=O)Nc2ccc3nc4n(c(=O)c3c2)CCCCC4)c1. The predicted molar refractivity (Wildman–Crippen MR) is 128 cm³/mol. The number of carbonyl (C=O) groups is 3. The van der Waals surface area contributed by atoms with Crippen molar-refractivity contribution in [2.24, 2.45) is 0 Å². The summed E-state index contributed by atoms with van der Waals surface area (Å²) in [6, 6.07) is 11.3. The molecule has 0 spiro atoms. The summed E-state index contributed by atoms with van der Waals surface area (Å²) in [5.41, 5.74) is 1.59. The van der Waals surface area contributed by atoms with Crippen LogP contribution in [0.2, 0.25) is 0 Å². The number of fused-ring (bicyclic) bond motifs is 2. The average molecular weight is 463 g/mol. The highest BCUT2D eigenvalue weighted by Crippen LogP contribution is 2.19. The quantitative estimate of drug-likeness (QED) is 0.429. The monoisotopic (exact) mass is 462 g/mol. The number of aromatic nitrogens is 2. The number of esters is 1. The van der Waals surface area contributed by atoms with Crippen molar-refractivity contribution in [2.75, 3.05) is 17.2 Å². The summed E-state index contributed by atoms with van der Waals surface area (Å²) in [6.07, 6.45) is 3.37. The standard InChI is InChI=1S/C25H26N4O5/c1-2-34-25(33)16-7-6-8-17(13-16)26-22(30)15-23(31)27-18-10-11-20-19(14-18)24(32)29-12-5-3-4-9-21(29)28-20/h6-8,10-11,13-14H,2-5,9,12,15H2,1H3,(H,26,30)(H,27,31). The van der Waals surface area contributed by atoms with E-state index in [9.17, 15) is 19.2 Å². The Kier molecular flexibility index (Phi) is 7.01. The third kappa shape index (κ3) is 5.31. The lowest BCUT2D eigenvalue weighted by molar-refractivity contribution is -0.123. The molecule has 1 aromatic heterocycles. The summed E-state index contributed by atoms with van der Waals surface area (Å²) in [5.74, 6) is -0.752. The Bertz CT molecular complexity index is 1310. The van der Waals surface area contributed by atoms with Crippen molar-refractivity contribution in [3.05, 3.63) is 64.2 Å². The molecule has 3 aromatic rings. The minimum atomic E-state index is -0.536. The van der Waals surface area contributed by atoms with Crippen LogP contribution in [0.15, 0.2) is 47.3 Å². The zero-order valence-electron chi connectivity index (χ0n) is 18.9. The van der Waals surface area contributed by atoms with Gasteiger partial charge in [-0.05, 0) is 56.2 Å². The second-order valence-electron chi connectivity index (χ2n) is 8.10.